The molecule has 1 amide bonds. The standard InChI is InChI=1S/C31H25FN2O4/c1-20-17-23(12-15-26(20)38-19-22-7-3-2-4-8-22)29(35)27-28(25-9-5-6-16-33-25)34(31(37)30(27)36)18-21-10-13-24(32)14-11-21/h2-17,28,35H,18-19H2,1H3/b29-27-. The third-order valence-corrected chi connectivity index (χ3v) is 6.46. The molecule has 0 bridgehead atoms. The largest absolute Gasteiger partial charge is 0.507 e. The van der Waals surface area contributed by atoms with Gasteiger partial charge in [-0.15, -0.1) is 0 Å². The Balaban J connectivity index is 1.50. The van der Waals surface area contributed by atoms with E-state index in [-0.39, 0.29) is 17.9 Å². The first-order chi connectivity index (χ1) is 18.4. The smallest absolute Gasteiger partial charge is 0.296 e. The van der Waals surface area contributed by atoms with Gasteiger partial charge in [-0.05, 0) is 66.1 Å². The highest BCUT2D eigenvalue weighted by molar-refractivity contribution is 6.46. The Morgan fingerprint density at radius 2 is 1.68 bits per heavy atom. The molecule has 1 atom stereocenters. The van der Waals surface area contributed by atoms with Crippen LogP contribution in [0, 0.1) is 12.7 Å². The molecule has 2 heterocycles. The Kier molecular flexibility index (Phi) is 7.00. The number of nitrogens with zero attached hydrogens (tertiary/aromatic N) is 2. The van der Waals surface area contributed by atoms with E-state index < -0.39 is 23.5 Å². The van der Waals surface area contributed by atoms with Gasteiger partial charge in [-0.1, -0.05) is 48.5 Å². The number of pyridine rings is 1. The Morgan fingerprint density at radius 3 is 2.37 bits per heavy atom. The molecule has 1 N–H and O–H groups in total. The van der Waals surface area contributed by atoms with Gasteiger partial charge in [-0.2, -0.15) is 0 Å². The first-order valence-corrected chi connectivity index (χ1v) is 12.1. The maximum Gasteiger partial charge on any atom is 0.296 e. The highest BCUT2D eigenvalue weighted by atomic mass is 19.1. The number of ketones is 1. The van der Waals surface area contributed by atoms with E-state index in [4.69, 9.17) is 4.74 Å². The summed E-state index contributed by atoms with van der Waals surface area (Å²) in [6.07, 6.45) is 1.57. The van der Waals surface area contributed by atoms with Crippen molar-refractivity contribution >= 4 is 17.4 Å². The van der Waals surface area contributed by atoms with E-state index >= 15 is 0 Å². The monoisotopic (exact) mass is 508 g/mol. The Hall–Kier alpha value is -4.78. The number of hydrogen-bond donors (Lipinski definition) is 1. The number of halogens is 1. The quantitative estimate of drug-likeness (QED) is 0.196. The van der Waals surface area contributed by atoms with Crippen molar-refractivity contribution in [3.63, 3.8) is 0 Å². The molecular formula is C31H25FN2O4. The predicted molar refractivity (Wildman–Crippen MR) is 140 cm³/mol. The molecule has 0 saturated carbocycles. The topological polar surface area (TPSA) is 79.7 Å². The van der Waals surface area contributed by atoms with Crippen LogP contribution in [-0.4, -0.2) is 26.7 Å². The minimum absolute atomic E-state index is 0.0480. The SMILES string of the molecule is Cc1cc(/C(O)=C2/C(=O)C(=O)N(Cc3ccc(F)cc3)C2c2ccccn2)ccc1OCc1ccccc1. The molecule has 190 valence electrons. The summed E-state index contributed by atoms with van der Waals surface area (Å²) in [6.45, 7) is 2.29. The maximum atomic E-state index is 13.4. The number of hydrogen-bond acceptors (Lipinski definition) is 5. The molecular weight excluding hydrogens is 483 g/mol. The summed E-state index contributed by atoms with van der Waals surface area (Å²) in [7, 11) is 0. The lowest BCUT2D eigenvalue weighted by Crippen LogP contribution is -2.29. The van der Waals surface area contributed by atoms with E-state index in [0.717, 1.165) is 11.1 Å². The van der Waals surface area contributed by atoms with Crippen LogP contribution in [0.3, 0.4) is 0 Å². The molecule has 38 heavy (non-hydrogen) atoms. The van der Waals surface area contributed by atoms with Gasteiger partial charge in [-0.25, -0.2) is 4.39 Å². The van der Waals surface area contributed by atoms with Crippen LogP contribution >= 0.6 is 0 Å². The first kappa shape index (κ1) is 24.9. The number of ether oxygens (including phenoxy) is 1. The summed E-state index contributed by atoms with van der Waals surface area (Å²) in [5.41, 5.74) is 3.21. The third kappa shape index (κ3) is 5.04. The van der Waals surface area contributed by atoms with Crippen molar-refractivity contribution in [1.29, 1.82) is 0 Å². The molecule has 1 aliphatic heterocycles. The molecule has 1 unspecified atom stereocenters. The molecule has 0 spiro atoms. The summed E-state index contributed by atoms with van der Waals surface area (Å²) < 4.78 is 19.4. The molecule has 1 aromatic heterocycles. The van der Waals surface area contributed by atoms with Crippen molar-refractivity contribution in [1.82, 2.24) is 9.88 Å². The molecule has 1 aliphatic rings. The lowest BCUT2D eigenvalue weighted by molar-refractivity contribution is -0.140. The Labute approximate surface area is 219 Å². The van der Waals surface area contributed by atoms with Gasteiger partial charge in [0.05, 0.1) is 11.3 Å². The van der Waals surface area contributed by atoms with Gasteiger partial charge in [0.15, 0.2) is 0 Å². The lowest BCUT2D eigenvalue weighted by Gasteiger charge is -2.24. The number of aromatic nitrogens is 1. The fourth-order valence-electron chi connectivity index (χ4n) is 4.52. The van der Waals surface area contributed by atoms with Gasteiger partial charge < -0.3 is 14.7 Å². The number of carbonyl (C=O) groups excluding carboxylic acids is 2. The second-order valence-corrected chi connectivity index (χ2v) is 9.06. The highest BCUT2D eigenvalue weighted by Crippen LogP contribution is 2.40. The molecule has 3 aromatic carbocycles. The number of rotatable bonds is 7. The fraction of sp³-hybridized carbons (Fsp3) is 0.129. The van der Waals surface area contributed by atoms with E-state index in [0.29, 0.717) is 29.2 Å². The average Bonchev–Trinajstić information content (AvgIpc) is 3.19. The van der Waals surface area contributed by atoms with Gasteiger partial charge in [-0.3, -0.25) is 14.6 Å². The highest BCUT2D eigenvalue weighted by Gasteiger charge is 2.46. The number of amides is 1. The van der Waals surface area contributed by atoms with Gasteiger partial charge in [0.2, 0.25) is 0 Å². The summed E-state index contributed by atoms with van der Waals surface area (Å²) in [5.74, 6) is -1.61. The molecule has 1 fully saturated rings. The first-order valence-electron chi connectivity index (χ1n) is 12.1. The molecule has 0 aliphatic carbocycles. The zero-order chi connectivity index (χ0) is 26.6. The minimum atomic E-state index is -0.907. The van der Waals surface area contributed by atoms with Gasteiger partial charge >= 0.3 is 0 Å². The van der Waals surface area contributed by atoms with Crippen LogP contribution in [0.15, 0.2) is 103 Å². The van der Waals surface area contributed by atoms with Crippen LogP contribution in [0.1, 0.15) is 34.0 Å². The third-order valence-electron chi connectivity index (χ3n) is 6.46. The zero-order valence-corrected chi connectivity index (χ0v) is 20.7. The van der Waals surface area contributed by atoms with Gasteiger partial charge in [0.25, 0.3) is 11.7 Å². The summed E-state index contributed by atoms with van der Waals surface area (Å²) in [4.78, 5) is 32.1. The fourth-order valence-corrected chi connectivity index (χ4v) is 4.52. The number of aliphatic hydroxyl groups excluding tert-OH is 1. The van der Waals surface area contributed by atoms with Crippen molar-refractivity contribution in [2.75, 3.05) is 0 Å². The maximum absolute atomic E-state index is 13.4. The Morgan fingerprint density at radius 1 is 0.947 bits per heavy atom. The molecule has 5 rings (SSSR count). The number of aliphatic hydroxyl groups is 1. The van der Waals surface area contributed by atoms with Crippen molar-refractivity contribution in [3.05, 3.63) is 137 Å². The molecule has 1 saturated heterocycles. The van der Waals surface area contributed by atoms with E-state index in [1.54, 1.807) is 54.7 Å². The average molecular weight is 509 g/mol. The van der Waals surface area contributed by atoms with E-state index in [1.165, 1.54) is 17.0 Å². The van der Waals surface area contributed by atoms with Crippen molar-refractivity contribution < 1.29 is 23.8 Å². The number of likely N-dealkylation sites (tertiary alicyclic amines) is 1. The summed E-state index contributed by atoms with van der Waals surface area (Å²) in [6, 6.07) is 24.9. The molecule has 7 heteroatoms. The summed E-state index contributed by atoms with van der Waals surface area (Å²) in [5, 5.41) is 11.3. The predicted octanol–water partition coefficient (Wildman–Crippen LogP) is 5.73. The van der Waals surface area contributed by atoms with Crippen LogP contribution in [0.5, 0.6) is 5.75 Å². The van der Waals surface area contributed by atoms with Crippen LogP contribution in [0.4, 0.5) is 4.39 Å². The van der Waals surface area contributed by atoms with Crippen LogP contribution in [0.25, 0.3) is 5.76 Å². The number of aryl methyl sites for hydroxylation is 1. The van der Waals surface area contributed by atoms with Crippen molar-refractivity contribution in [2.24, 2.45) is 0 Å². The van der Waals surface area contributed by atoms with E-state index in [2.05, 4.69) is 4.98 Å². The Bertz CT molecular complexity index is 1500. The summed E-state index contributed by atoms with van der Waals surface area (Å²) >= 11 is 0. The van der Waals surface area contributed by atoms with Gasteiger partial charge in [0, 0.05) is 18.3 Å². The van der Waals surface area contributed by atoms with Crippen LogP contribution < -0.4 is 4.74 Å². The second kappa shape index (κ2) is 10.7. The van der Waals surface area contributed by atoms with E-state index in [1.807, 2.05) is 37.3 Å². The van der Waals surface area contributed by atoms with Crippen LogP contribution in [0.2, 0.25) is 0 Å². The van der Waals surface area contributed by atoms with Crippen molar-refractivity contribution in [3.8, 4) is 5.75 Å². The number of benzene rings is 3. The van der Waals surface area contributed by atoms with Gasteiger partial charge in [0.1, 0.15) is 30.0 Å². The van der Waals surface area contributed by atoms with Crippen molar-refractivity contribution in [2.45, 2.75) is 26.1 Å². The molecule has 0 radical (unpaired) electrons. The second-order valence-electron chi connectivity index (χ2n) is 9.06. The molecule has 4 aromatic rings. The zero-order valence-electron chi connectivity index (χ0n) is 20.7. The number of Topliss-reactive ketones (excluding diaryl/α,β-unsaturated/α-hetero) is 1. The minimum Gasteiger partial charge on any atom is -0.507 e. The molecule has 6 nitrogen and oxygen atoms in total. The number of carbonyl (C=O) groups is 2. The lowest BCUT2D eigenvalue weighted by atomic mass is 9.97. The van der Waals surface area contributed by atoms with E-state index in [9.17, 15) is 19.1 Å². The van der Waals surface area contributed by atoms with Crippen LogP contribution in [-0.2, 0) is 22.7 Å². The normalized spacial score (nSPS) is 16.6.